The first-order valence-corrected chi connectivity index (χ1v) is 9.16. The van der Waals surface area contributed by atoms with E-state index in [1.807, 2.05) is 44.2 Å². The summed E-state index contributed by atoms with van der Waals surface area (Å²) >= 11 is 18.1. The molecule has 0 aromatic heterocycles. The number of hydrogen-bond acceptors (Lipinski definition) is 2. The number of rotatable bonds is 10. The Kier molecular flexibility index (Phi) is 10.7. The first-order valence-electron chi connectivity index (χ1n) is 7.87. The second kappa shape index (κ2) is 12.3. The molecule has 0 fully saturated rings. The van der Waals surface area contributed by atoms with Gasteiger partial charge in [-0.2, -0.15) is 0 Å². The summed E-state index contributed by atoms with van der Waals surface area (Å²) in [6, 6.07) is 3.43. The van der Waals surface area contributed by atoms with Crippen LogP contribution in [-0.4, -0.2) is 19.1 Å². The highest BCUT2D eigenvalue weighted by Crippen LogP contribution is 2.37. The Morgan fingerprint density at radius 2 is 1.75 bits per heavy atom. The van der Waals surface area contributed by atoms with Crippen LogP contribution in [0.15, 0.2) is 48.1 Å². The van der Waals surface area contributed by atoms with Crippen molar-refractivity contribution in [2.24, 2.45) is 0 Å². The van der Waals surface area contributed by atoms with Gasteiger partial charge in [-0.3, -0.25) is 0 Å². The third kappa shape index (κ3) is 7.65. The number of allylic oxidation sites excluding steroid dienone is 4. The van der Waals surface area contributed by atoms with E-state index in [0.29, 0.717) is 40.6 Å². The predicted octanol–water partition coefficient (Wildman–Crippen LogP) is 6.85. The van der Waals surface area contributed by atoms with Crippen LogP contribution in [0.25, 0.3) is 0 Å². The van der Waals surface area contributed by atoms with Crippen molar-refractivity contribution in [1.29, 1.82) is 0 Å². The highest BCUT2D eigenvalue weighted by atomic mass is 35.5. The van der Waals surface area contributed by atoms with Crippen LogP contribution in [-0.2, 0) is 0 Å². The summed E-state index contributed by atoms with van der Waals surface area (Å²) in [7, 11) is 0. The van der Waals surface area contributed by atoms with Crippen molar-refractivity contribution in [2.75, 3.05) is 19.1 Å². The van der Waals surface area contributed by atoms with Gasteiger partial charge in [-0.05, 0) is 32.3 Å². The minimum atomic E-state index is 0.428. The van der Waals surface area contributed by atoms with Crippen molar-refractivity contribution in [3.63, 3.8) is 0 Å². The summed E-state index contributed by atoms with van der Waals surface area (Å²) in [6.45, 7) is 4.89. The van der Waals surface area contributed by atoms with E-state index in [0.717, 1.165) is 18.4 Å². The summed E-state index contributed by atoms with van der Waals surface area (Å²) < 4.78 is 11.4. The van der Waals surface area contributed by atoms with E-state index in [9.17, 15) is 0 Å². The number of alkyl halides is 1. The van der Waals surface area contributed by atoms with Crippen molar-refractivity contribution in [3.05, 3.63) is 58.1 Å². The lowest BCUT2D eigenvalue weighted by molar-refractivity contribution is 0.308. The fourth-order valence-corrected chi connectivity index (χ4v) is 2.65. The van der Waals surface area contributed by atoms with Gasteiger partial charge in [0.2, 0.25) is 0 Å². The van der Waals surface area contributed by atoms with Gasteiger partial charge in [-0.15, -0.1) is 11.6 Å². The van der Waals surface area contributed by atoms with Crippen LogP contribution in [0.1, 0.15) is 26.7 Å². The van der Waals surface area contributed by atoms with Crippen LogP contribution in [0, 0.1) is 0 Å². The van der Waals surface area contributed by atoms with Crippen LogP contribution < -0.4 is 9.47 Å². The SMILES string of the molecule is C\C=C/C=C(\C=C/C)COc1cc(Cl)c(OCCCCCl)c(Cl)c1. The molecule has 0 aliphatic carbocycles. The standard InChI is InChI=1S/C19H23Cl3O2/c1-3-5-9-15(8-4-2)14-24-16-12-17(21)19(18(22)13-16)23-11-7-6-10-20/h3-5,8-9,12-13H,6-7,10-11,14H2,1-2H3/b5-3-,8-4-,15-9+. The van der Waals surface area contributed by atoms with E-state index in [-0.39, 0.29) is 0 Å². The molecule has 0 bridgehead atoms. The summed E-state index contributed by atoms with van der Waals surface area (Å²) in [5, 5.41) is 0.877. The highest BCUT2D eigenvalue weighted by molar-refractivity contribution is 6.37. The molecule has 0 aliphatic rings. The molecule has 2 nitrogen and oxygen atoms in total. The molecular weight excluding hydrogens is 367 g/mol. The van der Waals surface area contributed by atoms with Gasteiger partial charge >= 0.3 is 0 Å². The molecule has 0 radical (unpaired) electrons. The van der Waals surface area contributed by atoms with Gasteiger partial charge in [-0.1, -0.05) is 53.6 Å². The fraction of sp³-hybridized carbons (Fsp3) is 0.368. The maximum Gasteiger partial charge on any atom is 0.156 e. The van der Waals surface area contributed by atoms with Gasteiger partial charge in [0, 0.05) is 18.0 Å². The van der Waals surface area contributed by atoms with E-state index < -0.39 is 0 Å². The molecule has 24 heavy (non-hydrogen) atoms. The summed E-state index contributed by atoms with van der Waals surface area (Å²) in [5.41, 5.74) is 1.05. The zero-order valence-corrected chi connectivity index (χ0v) is 16.3. The van der Waals surface area contributed by atoms with Gasteiger partial charge in [0.1, 0.15) is 12.4 Å². The van der Waals surface area contributed by atoms with Gasteiger partial charge < -0.3 is 9.47 Å². The van der Waals surface area contributed by atoms with Crippen LogP contribution >= 0.6 is 34.8 Å². The zero-order valence-electron chi connectivity index (χ0n) is 14.0. The van der Waals surface area contributed by atoms with E-state index in [2.05, 4.69) is 0 Å². The van der Waals surface area contributed by atoms with Crippen molar-refractivity contribution in [2.45, 2.75) is 26.7 Å². The molecular formula is C19H23Cl3O2. The van der Waals surface area contributed by atoms with E-state index in [1.165, 1.54) is 0 Å². The Labute approximate surface area is 159 Å². The molecule has 0 aliphatic heterocycles. The molecule has 5 heteroatoms. The molecule has 0 N–H and O–H groups in total. The highest BCUT2D eigenvalue weighted by Gasteiger charge is 2.11. The number of ether oxygens (including phenoxy) is 2. The smallest absolute Gasteiger partial charge is 0.156 e. The zero-order chi connectivity index (χ0) is 17.8. The van der Waals surface area contributed by atoms with Crippen molar-refractivity contribution >= 4 is 34.8 Å². The average Bonchev–Trinajstić information content (AvgIpc) is 2.56. The molecule has 0 spiro atoms. The van der Waals surface area contributed by atoms with Gasteiger partial charge in [0.15, 0.2) is 5.75 Å². The van der Waals surface area contributed by atoms with E-state index in [4.69, 9.17) is 44.3 Å². The molecule has 0 heterocycles. The second-order valence-electron chi connectivity index (χ2n) is 5.02. The maximum absolute atomic E-state index is 6.25. The van der Waals surface area contributed by atoms with Crippen LogP contribution in [0.5, 0.6) is 11.5 Å². The molecule has 1 aromatic carbocycles. The van der Waals surface area contributed by atoms with Gasteiger partial charge in [0.05, 0.1) is 16.7 Å². The lowest BCUT2D eigenvalue weighted by Gasteiger charge is -2.13. The topological polar surface area (TPSA) is 18.5 Å². The Balaban J connectivity index is 2.73. The number of benzene rings is 1. The molecule has 1 rings (SSSR count). The lowest BCUT2D eigenvalue weighted by atomic mass is 10.2. The third-order valence-electron chi connectivity index (χ3n) is 3.04. The molecule has 0 saturated heterocycles. The van der Waals surface area contributed by atoms with Crippen LogP contribution in [0.2, 0.25) is 10.0 Å². The molecule has 0 amide bonds. The average molecular weight is 390 g/mol. The fourth-order valence-electron chi connectivity index (χ4n) is 1.88. The van der Waals surface area contributed by atoms with E-state index >= 15 is 0 Å². The quantitative estimate of drug-likeness (QED) is 0.247. The largest absolute Gasteiger partial charge is 0.490 e. The molecule has 0 unspecified atom stereocenters. The Morgan fingerprint density at radius 3 is 2.33 bits per heavy atom. The Hall–Kier alpha value is -1.09. The first kappa shape index (κ1) is 21.0. The summed E-state index contributed by atoms with van der Waals surface area (Å²) in [5.74, 6) is 1.71. The Bertz CT molecular complexity index is 569. The minimum absolute atomic E-state index is 0.428. The lowest BCUT2D eigenvalue weighted by Crippen LogP contribution is -2.02. The van der Waals surface area contributed by atoms with E-state index in [1.54, 1.807) is 12.1 Å². The van der Waals surface area contributed by atoms with Crippen molar-refractivity contribution in [3.8, 4) is 11.5 Å². The summed E-state index contributed by atoms with van der Waals surface area (Å²) in [6.07, 6.45) is 11.6. The Morgan fingerprint density at radius 1 is 1.04 bits per heavy atom. The molecule has 132 valence electrons. The predicted molar refractivity (Wildman–Crippen MR) is 105 cm³/mol. The van der Waals surface area contributed by atoms with Crippen LogP contribution in [0.4, 0.5) is 0 Å². The second-order valence-corrected chi connectivity index (χ2v) is 6.21. The molecule has 0 atom stereocenters. The molecule has 0 saturated carbocycles. The molecule has 1 aromatic rings. The summed E-state index contributed by atoms with van der Waals surface area (Å²) in [4.78, 5) is 0. The monoisotopic (exact) mass is 388 g/mol. The van der Waals surface area contributed by atoms with Crippen molar-refractivity contribution < 1.29 is 9.47 Å². The van der Waals surface area contributed by atoms with Crippen LogP contribution in [0.3, 0.4) is 0 Å². The normalized spacial score (nSPS) is 12.3. The number of halogens is 3. The number of hydrogen-bond donors (Lipinski definition) is 0. The third-order valence-corrected chi connectivity index (χ3v) is 3.86. The van der Waals surface area contributed by atoms with Crippen molar-refractivity contribution in [1.82, 2.24) is 0 Å². The number of unbranched alkanes of at least 4 members (excludes halogenated alkanes) is 1. The van der Waals surface area contributed by atoms with Gasteiger partial charge in [0.25, 0.3) is 0 Å². The first-order chi connectivity index (χ1) is 11.6. The van der Waals surface area contributed by atoms with Gasteiger partial charge in [-0.25, -0.2) is 0 Å². The maximum atomic E-state index is 6.25. The minimum Gasteiger partial charge on any atom is -0.490 e.